The number of piperidine rings is 1. The number of β-amino-alcohol motifs (C(OH)–C–C–N with tert-alkyl or cyclic N) is 2. The van der Waals surface area contributed by atoms with Crippen LogP contribution in [0.1, 0.15) is 38.7 Å². The average Bonchev–Trinajstić information content (AvgIpc) is 2.86. The molecule has 2 aromatic heterocycles. The van der Waals surface area contributed by atoms with Gasteiger partial charge in [-0.3, -0.25) is 0 Å². The molecule has 3 aromatic rings. The number of pyridine rings is 1. The number of nitrogens with one attached hydrogen (secondary N) is 1. The van der Waals surface area contributed by atoms with Crippen molar-refractivity contribution in [2.45, 2.75) is 57.5 Å². The summed E-state index contributed by atoms with van der Waals surface area (Å²) in [5, 5.41) is 25.9. The van der Waals surface area contributed by atoms with Crippen molar-refractivity contribution in [3.63, 3.8) is 0 Å². The van der Waals surface area contributed by atoms with Gasteiger partial charge in [-0.15, -0.1) is 0 Å². The Kier molecular flexibility index (Phi) is 6.48. The van der Waals surface area contributed by atoms with E-state index in [9.17, 15) is 10.2 Å². The first-order valence-corrected chi connectivity index (χ1v) is 12.3. The van der Waals surface area contributed by atoms with Crippen LogP contribution in [0.15, 0.2) is 36.7 Å². The van der Waals surface area contributed by atoms with Gasteiger partial charge in [0.1, 0.15) is 11.6 Å². The number of aliphatic hydroxyl groups excluding tert-OH is 2. The molecule has 0 unspecified atom stereocenters. The second kappa shape index (κ2) is 9.56. The highest BCUT2D eigenvalue weighted by atomic mass is 16.5. The molecular weight excluding hydrogens is 444 g/mol. The summed E-state index contributed by atoms with van der Waals surface area (Å²) in [5.41, 5.74) is 2.35. The summed E-state index contributed by atoms with van der Waals surface area (Å²) >= 11 is 0. The van der Waals surface area contributed by atoms with E-state index >= 15 is 0 Å². The van der Waals surface area contributed by atoms with E-state index in [-0.39, 0.29) is 18.2 Å². The van der Waals surface area contributed by atoms with Crippen molar-refractivity contribution in [2.75, 3.05) is 41.9 Å². The lowest BCUT2D eigenvalue weighted by molar-refractivity contribution is -0.0219. The van der Waals surface area contributed by atoms with Crippen molar-refractivity contribution in [1.29, 1.82) is 0 Å². The molecule has 2 aliphatic rings. The fourth-order valence-corrected chi connectivity index (χ4v) is 5.04. The smallest absolute Gasteiger partial charge is 0.227 e. The zero-order valence-corrected chi connectivity index (χ0v) is 20.7. The molecule has 5 rings (SSSR count). The number of fused-ring (bicyclic) bond motifs is 1. The van der Waals surface area contributed by atoms with Crippen molar-refractivity contribution in [1.82, 2.24) is 15.0 Å². The molecule has 2 saturated heterocycles. The van der Waals surface area contributed by atoms with Gasteiger partial charge in [0.2, 0.25) is 5.95 Å². The molecule has 9 nitrogen and oxygen atoms in total. The van der Waals surface area contributed by atoms with Crippen LogP contribution in [0, 0.1) is 0 Å². The molecule has 186 valence electrons. The van der Waals surface area contributed by atoms with Gasteiger partial charge in [0.15, 0.2) is 0 Å². The fourth-order valence-electron chi connectivity index (χ4n) is 5.04. The summed E-state index contributed by atoms with van der Waals surface area (Å²) in [7, 11) is 1.63. The van der Waals surface area contributed by atoms with Crippen molar-refractivity contribution in [3.8, 4) is 0 Å². The molecule has 0 saturated carbocycles. The van der Waals surface area contributed by atoms with Crippen molar-refractivity contribution >= 4 is 34.0 Å². The summed E-state index contributed by atoms with van der Waals surface area (Å²) in [6.45, 7) is 8.21. The van der Waals surface area contributed by atoms with Gasteiger partial charge in [0.05, 0.1) is 24.4 Å². The summed E-state index contributed by atoms with van der Waals surface area (Å²) in [5.74, 6) is 2.27. The largest absolute Gasteiger partial charge is 0.389 e. The SMILES string of the molecule is CO[C@H]1CCN(c2nccc(Nc3cc4c(C(C)C)ccc(N5C[C@H](O)[C@H]5C)c4cn3)n2)C[C@H]1O. The van der Waals surface area contributed by atoms with Crippen molar-refractivity contribution in [3.05, 3.63) is 42.2 Å². The third-order valence-corrected chi connectivity index (χ3v) is 7.28. The molecule has 0 radical (unpaired) electrons. The molecule has 2 fully saturated rings. The number of rotatable bonds is 6. The summed E-state index contributed by atoms with van der Waals surface area (Å²) in [4.78, 5) is 18.0. The van der Waals surface area contributed by atoms with E-state index in [1.54, 1.807) is 13.3 Å². The average molecular weight is 479 g/mol. The highest BCUT2D eigenvalue weighted by Gasteiger charge is 2.35. The Morgan fingerprint density at radius 3 is 2.57 bits per heavy atom. The Labute approximate surface area is 205 Å². The first-order chi connectivity index (χ1) is 16.9. The van der Waals surface area contributed by atoms with E-state index in [4.69, 9.17) is 9.72 Å². The van der Waals surface area contributed by atoms with E-state index in [1.165, 1.54) is 5.56 Å². The Hall–Kier alpha value is -3.01. The number of methoxy groups -OCH3 is 1. The second-order valence-electron chi connectivity index (χ2n) is 9.85. The van der Waals surface area contributed by atoms with E-state index in [1.807, 2.05) is 24.1 Å². The van der Waals surface area contributed by atoms with Crippen LogP contribution in [-0.2, 0) is 4.74 Å². The molecule has 1 aromatic carbocycles. The Bertz CT molecular complexity index is 1200. The molecule has 3 N–H and O–H groups in total. The molecule has 4 atom stereocenters. The normalized spacial score (nSPS) is 24.7. The highest BCUT2D eigenvalue weighted by Crippen LogP contribution is 2.37. The standard InChI is InChI=1S/C26H34N6O3/c1-15(2)17-5-6-20(32-14-21(33)16(32)3)19-12-28-25(11-18(17)19)29-24-7-9-27-26(30-24)31-10-8-23(35-4)22(34)13-31/h5-7,9,11-12,15-16,21-23,33-34H,8,10,13-14H2,1-4H3,(H,27,28,29,30)/t16-,21+,22-,23+/m1/s1. The number of anilines is 4. The number of aromatic nitrogens is 3. The molecule has 0 amide bonds. The lowest BCUT2D eigenvalue weighted by atomic mass is 9.93. The van der Waals surface area contributed by atoms with E-state index in [0.29, 0.717) is 36.6 Å². The maximum atomic E-state index is 10.3. The van der Waals surface area contributed by atoms with Gasteiger partial charge < -0.3 is 30.1 Å². The minimum absolute atomic E-state index is 0.0906. The first kappa shape index (κ1) is 23.7. The fraction of sp³-hybridized carbons (Fsp3) is 0.500. The lowest BCUT2D eigenvalue weighted by Gasteiger charge is -2.45. The van der Waals surface area contributed by atoms with Crippen LogP contribution < -0.4 is 15.1 Å². The monoisotopic (exact) mass is 478 g/mol. The van der Waals surface area contributed by atoms with Gasteiger partial charge in [0, 0.05) is 50.2 Å². The number of hydrogen-bond donors (Lipinski definition) is 3. The van der Waals surface area contributed by atoms with Crippen molar-refractivity contribution < 1.29 is 14.9 Å². The number of ether oxygens (including phenoxy) is 1. The molecular formula is C26H34N6O3. The van der Waals surface area contributed by atoms with Crippen LogP contribution in [0.25, 0.3) is 10.8 Å². The number of nitrogens with zero attached hydrogens (tertiary/aromatic N) is 5. The quantitative estimate of drug-likeness (QED) is 0.493. The Morgan fingerprint density at radius 2 is 1.89 bits per heavy atom. The van der Waals surface area contributed by atoms with E-state index < -0.39 is 6.10 Å². The summed E-state index contributed by atoms with van der Waals surface area (Å²) in [6.07, 6.45) is 3.32. The molecule has 0 spiro atoms. The van der Waals surface area contributed by atoms with Crippen LogP contribution in [-0.4, -0.2) is 76.3 Å². The van der Waals surface area contributed by atoms with Crippen molar-refractivity contribution in [2.24, 2.45) is 0 Å². The van der Waals surface area contributed by atoms with Crippen LogP contribution in [0.2, 0.25) is 0 Å². The summed E-state index contributed by atoms with van der Waals surface area (Å²) in [6, 6.07) is 8.31. The zero-order chi connectivity index (χ0) is 24.7. The van der Waals surface area contributed by atoms with E-state index in [0.717, 1.165) is 29.4 Å². The minimum atomic E-state index is -0.574. The predicted molar refractivity (Wildman–Crippen MR) is 138 cm³/mol. The molecule has 9 heteroatoms. The van der Waals surface area contributed by atoms with Gasteiger partial charge >= 0.3 is 0 Å². The molecule has 0 bridgehead atoms. The van der Waals surface area contributed by atoms with Gasteiger partial charge in [-0.2, -0.15) is 4.98 Å². The molecule has 4 heterocycles. The molecule has 35 heavy (non-hydrogen) atoms. The van der Waals surface area contributed by atoms with Gasteiger partial charge in [-0.25, -0.2) is 9.97 Å². The predicted octanol–water partition coefficient (Wildman–Crippen LogP) is 3.05. The minimum Gasteiger partial charge on any atom is -0.389 e. The number of aliphatic hydroxyl groups is 2. The van der Waals surface area contributed by atoms with Crippen LogP contribution in [0.4, 0.5) is 23.3 Å². The maximum absolute atomic E-state index is 10.3. The lowest BCUT2D eigenvalue weighted by Crippen LogP contribution is -2.58. The Balaban J connectivity index is 1.42. The number of hydrogen-bond acceptors (Lipinski definition) is 9. The van der Waals surface area contributed by atoms with Gasteiger partial charge in [-0.05, 0) is 48.4 Å². The Morgan fingerprint density at radius 1 is 1.06 bits per heavy atom. The summed E-state index contributed by atoms with van der Waals surface area (Å²) < 4.78 is 5.34. The molecule has 2 aliphatic heterocycles. The third-order valence-electron chi connectivity index (χ3n) is 7.28. The highest BCUT2D eigenvalue weighted by molar-refractivity contribution is 5.98. The van der Waals surface area contributed by atoms with E-state index in [2.05, 4.69) is 52.2 Å². The van der Waals surface area contributed by atoms with Crippen LogP contribution in [0.5, 0.6) is 0 Å². The topological polar surface area (TPSA) is 107 Å². The van der Waals surface area contributed by atoms with Gasteiger partial charge in [0.25, 0.3) is 0 Å². The third kappa shape index (κ3) is 4.51. The molecule has 0 aliphatic carbocycles. The van der Waals surface area contributed by atoms with Crippen LogP contribution in [0.3, 0.4) is 0 Å². The second-order valence-corrected chi connectivity index (χ2v) is 9.85. The zero-order valence-electron chi connectivity index (χ0n) is 20.7. The number of benzene rings is 1. The first-order valence-electron chi connectivity index (χ1n) is 12.3. The van der Waals surface area contributed by atoms with Crippen LogP contribution >= 0.6 is 0 Å². The maximum Gasteiger partial charge on any atom is 0.227 e. The van der Waals surface area contributed by atoms with Gasteiger partial charge in [-0.1, -0.05) is 19.9 Å².